The van der Waals surface area contributed by atoms with Crippen molar-refractivity contribution in [3.63, 3.8) is 0 Å². The largest absolute Gasteiger partial charge is 0.497 e. The van der Waals surface area contributed by atoms with E-state index in [2.05, 4.69) is 5.32 Å². The average molecular weight is 570 g/mol. The third kappa shape index (κ3) is 8.35. The standard InChI is InChI=1S/C27H34F3N3O5S/c1-19(26(35)31-22-11-5-4-6-12-22)32(17-20-9-7-14-24(15-20)38-2)25(34)18-33(39(3,36)37)23-13-8-10-21(16-23)27(28,29)30/h7-10,13-16,19,22H,4-6,11-12,17-18H2,1-3H3,(H,31,35)/t19-/m0/s1. The lowest BCUT2D eigenvalue weighted by Gasteiger charge is -2.33. The van der Waals surface area contributed by atoms with Crippen molar-refractivity contribution in [2.24, 2.45) is 0 Å². The van der Waals surface area contributed by atoms with E-state index >= 15 is 0 Å². The Morgan fingerprint density at radius 2 is 1.74 bits per heavy atom. The van der Waals surface area contributed by atoms with Gasteiger partial charge in [0.1, 0.15) is 18.3 Å². The number of sulfonamides is 1. The fraction of sp³-hybridized carbons (Fsp3) is 0.481. The second-order valence-electron chi connectivity index (χ2n) is 9.71. The molecule has 0 unspecified atom stereocenters. The number of methoxy groups -OCH3 is 1. The van der Waals surface area contributed by atoms with Gasteiger partial charge in [0.05, 0.1) is 24.6 Å². The summed E-state index contributed by atoms with van der Waals surface area (Å²) in [7, 11) is -2.68. The van der Waals surface area contributed by atoms with Crippen LogP contribution in [0.4, 0.5) is 18.9 Å². The molecule has 2 aromatic carbocycles. The van der Waals surface area contributed by atoms with Gasteiger partial charge >= 0.3 is 6.18 Å². The second-order valence-corrected chi connectivity index (χ2v) is 11.6. The van der Waals surface area contributed by atoms with E-state index in [1.165, 1.54) is 18.1 Å². The summed E-state index contributed by atoms with van der Waals surface area (Å²) in [6, 6.07) is 9.63. The van der Waals surface area contributed by atoms with Gasteiger partial charge in [0.2, 0.25) is 21.8 Å². The number of alkyl halides is 3. The maximum Gasteiger partial charge on any atom is 0.416 e. The zero-order valence-electron chi connectivity index (χ0n) is 22.2. The number of ether oxygens (including phenoxy) is 1. The normalized spacial score (nSPS) is 15.3. The van der Waals surface area contributed by atoms with Crippen LogP contribution in [0.5, 0.6) is 5.75 Å². The molecule has 1 saturated carbocycles. The highest BCUT2D eigenvalue weighted by Crippen LogP contribution is 2.32. The Morgan fingerprint density at radius 3 is 2.36 bits per heavy atom. The van der Waals surface area contributed by atoms with Crippen LogP contribution < -0.4 is 14.4 Å². The Hall–Kier alpha value is -3.28. The zero-order valence-corrected chi connectivity index (χ0v) is 23.0. The lowest BCUT2D eigenvalue weighted by Crippen LogP contribution is -2.53. The molecular weight excluding hydrogens is 535 g/mol. The van der Waals surface area contributed by atoms with Crippen LogP contribution >= 0.6 is 0 Å². The first kappa shape index (κ1) is 30.3. The van der Waals surface area contributed by atoms with Gasteiger partial charge in [-0.15, -0.1) is 0 Å². The van der Waals surface area contributed by atoms with Crippen molar-refractivity contribution in [1.82, 2.24) is 10.2 Å². The quantitative estimate of drug-likeness (QED) is 0.459. The molecule has 0 heterocycles. The number of nitrogens with zero attached hydrogens (tertiary/aromatic N) is 2. The maximum absolute atomic E-state index is 13.6. The van der Waals surface area contributed by atoms with Crippen molar-refractivity contribution in [1.29, 1.82) is 0 Å². The highest BCUT2D eigenvalue weighted by Gasteiger charge is 2.34. The molecule has 0 aromatic heterocycles. The van der Waals surface area contributed by atoms with Crippen molar-refractivity contribution in [2.45, 2.75) is 63.8 Å². The minimum atomic E-state index is -4.70. The second kappa shape index (κ2) is 12.7. The predicted octanol–water partition coefficient (Wildman–Crippen LogP) is 4.35. The molecule has 1 aliphatic carbocycles. The summed E-state index contributed by atoms with van der Waals surface area (Å²) < 4.78 is 71.1. The highest BCUT2D eigenvalue weighted by molar-refractivity contribution is 7.92. The fourth-order valence-electron chi connectivity index (χ4n) is 4.57. The Labute approximate surface area is 227 Å². The number of amides is 2. The minimum absolute atomic E-state index is 0.0138. The molecule has 1 aliphatic rings. The maximum atomic E-state index is 13.6. The number of carbonyl (C=O) groups is 2. The molecule has 8 nitrogen and oxygen atoms in total. The zero-order chi connectivity index (χ0) is 28.8. The fourth-order valence-corrected chi connectivity index (χ4v) is 5.41. The van der Waals surface area contributed by atoms with Crippen molar-refractivity contribution >= 4 is 27.5 Å². The van der Waals surface area contributed by atoms with E-state index in [0.29, 0.717) is 21.7 Å². The summed E-state index contributed by atoms with van der Waals surface area (Å²) in [5.41, 5.74) is -0.721. The van der Waals surface area contributed by atoms with Crippen molar-refractivity contribution in [3.8, 4) is 5.75 Å². The summed E-state index contributed by atoms with van der Waals surface area (Å²) in [4.78, 5) is 28.1. The van der Waals surface area contributed by atoms with Crippen LogP contribution in [0.1, 0.15) is 50.2 Å². The molecule has 0 bridgehead atoms. The number of hydrogen-bond donors (Lipinski definition) is 1. The molecule has 3 rings (SSSR count). The number of halogens is 3. The van der Waals surface area contributed by atoms with Gasteiger partial charge in [-0.05, 0) is 55.7 Å². The molecule has 2 aromatic rings. The van der Waals surface area contributed by atoms with Gasteiger partial charge in [0.15, 0.2) is 0 Å². The molecule has 214 valence electrons. The number of benzene rings is 2. The van der Waals surface area contributed by atoms with Gasteiger partial charge in [-0.2, -0.15) is 13.2 Å². The first-order valence-corrected chi connectivity index (χ1v) is 14.5. The van der Waals surface area contributed by atoms with Crippen LogP contribution in [-0.2, 0) is 32.3 Å². The molecule has 1 fully saturated rings. The van der Waals surface area contributed by atoms with Gasteiger partial charge in [0.25, 0.3) is 0 Å². The van der Waals surface area contributed by atoms with Gasteiger partial charge in [-0.3, -0.25) is 13.9 Å². The van der Waals surface area contributed by atoms with Crippen LogP contribution in [0.25, 0.3) is 0 Å². The van der Waals surface area contributed by atoms with Crippen LogP contribution in [0.3, 0.4) is 0 Å². The highest BCUT2D eigenvalue weighted by atomic mass is 32.2. The van der Waals surface area contributed by atoms with E-state index in [1.807, 2.05) is 0 Å². The monoisotopic (exact) mass is 569 g/mol. The number of carbonyl (C=O) groups excluding carboxylic acids is 2. The molecule has 0 radical (unpaired) electrons. The molecule has 1 N–H and O–H groups in total. The number of anilines is 1. The molecule has 39 heavy (non-hydrogen) atoms. The van der Waals surface area contributed by atoms with Crippen LogP contribution in [-0.4, -0.2) is 57.1 Å². The summed E-state index contributed by atoms with van der Waals surface area (Å²) in [5, 5.41) is 2.99. The summed E-state index contributed by atoms with van der Waals surface area (Å²) in [6.07, 6.45) is 0.857. The van der Waals surface area contributed by atoms with Crippen LogP contribution in [0.15, 0.2) is 48.5 Å². The lowest BCUT2D eigenvalue weighted by molar-refractivity contribution is -0.139. The van der Waals surface area contributed by atoms with Gasteiger partial charge in [-0.25, -0.2) is 8.42 Å². The summed E-state index contributed by atoms with van der Waals surface area (Å²) >= 11 is 0. The predicted molar refractivity (Wildman–Crippen MR) is 142 cm³/mol. The Balaban J connectivity index is 1.92. The third-order valence-electron chi connectivity index (χ3n) is 6.75. The van der Waals surface area contributed by atoms with E-state index in [-0.39, 0.29) is 24.2 Å². The lowest BCUT2D eigenvalue weighted by atomic mass is 9.95. The van der Waals surface area contributed by atoms with E-state index in [0.717, 1.165) is 50.5 Å². The molecule has 2 amide bonds. The van der Waals surface area contributed by atoms with Crippen LogP contribution in [0, 0.1) is 0 Å². The molecule has 0 aliphatic heterocycles. The Kier molecular flexibility index (Phi) is 9.87. The molecule has 1 atom stereocenters. The Morgan fingerprint density at radius 1 is 1.08 bits per heavy atom. The number of nitrogens with one attached hydrogen (secondary N) is 1. The van der Waals surface area contributed by atoms with E-state index in [1.54, 1.807) is 31.2 Å². The van der Waals surface area contributed by atoms with Crippen molar-refractivity contribution in [2.75, 3.05) is 24.2 Å². The topological polar surface area (TPSA) is 96.0 Å². The number of rotatable bonds is 10. The third-order valence-corrected chi connectivity index (χ3v) is 7.89. The molecular formula is C27H34F3N3O5S. The van der Waals surface area contributed by atoms with Gasteiger partial charge < -0.3 is 15.0 Å². The summed E-state index contributed by atoms with van der Waals surface area (Å²) in [5.74, 6) is -0.601. The molecule has 0 saturated heterocycles. The smallest absolute Gasteiger partial charge is 0.416 e. The van der Waals surface area contributed by atoms with Gasteiger partial charge in [0, 0.05) is 12.6 Å². The Bertz CT molecular complexity index is 1260. The first-order chi connectivity index (χ1) is 18.3. The van der Waals surface area contributed by atoms with E-state index < -0.39 is 40.3 Å². The molecule has 0 spiro atoms. The average Bonchev–Trinajstić information content (AvgIpc) is 2.89. The van der Waals surface area contributed by atoms with E-state index in [4.69, 9.17) is 4.74 Å². The summed E-state index contributed by atoms with van der Waals surface area (Å²) in [6.45, 7) is 0.714. The molecule has 12 heteroatoms. The SMILES string of the molecule is COc1cccc(CN(C(=O)CN(c2cccc(C(F)(F)F)c2)S(C)(=O)=O)[C@@H](C)C(=O)NC2CCCCC2)c1. The van der Waals surface area contributed by atoms with Gasteiger partial charge in [-0.1, -0.05) is 37.5 Å². The number of hydrogen-bond acceptors (Lipinski definition) is 5. The van der Waals surface area contributed by atoms with Crippen molar-refractivity contribution in [3.05, 3.63) is 59.7 Å². The van der Waals surface area contributed by atoms with E-state index in [9.17, 15) is 31.2 Å². The van der Waals surface area contributed by atoms with Crippen molar-refractivity contribution < 1.29 is 35.9 Å². The first-order valence-electron chi connectivity index (χ1n) is 12.7. The van der Waals surface area contributed by atoms with Crippen LogP contribution in [0.2, 0.25) is 0 Å². The minimum Gasteiger partial charge on any atom is -0.497 e.